The van der Waals surface area contributed by atoms with Gasteiger partial charge in [0, 0.05) is 56.5 Å². The van der Waals surface area contributed by atoms with Crippen LogP contribution in [0.3, 0.4) is 0 Å². The van der Waals surface area contributed by atoms with Gasteiger partial charge in [0.25, 0.3) is 0 Å². The Kier molecular flexibility index (Phi) is 4.67. The van der Waals surface area contributed by atoms with Crippen LogP contribution in [-0.2, 0) is 16.1 Å². The first-order valence-electron chi connectivity index (χ1n) is 9.51. The van der Waals surface area contributed by atoms with Crippen LogP contribution < -0.4 is 10.9 Å². The second-order valence-electron chi connectivity index (χ2n) is 8.09. The molecule has 2 unspecified atom stereocenters. The minimum atomic E-state index is -0.118. The maximum absolute atomic E-state index is 12.7. The number of nitrogens with zero attached hydrogens (tertiary/aromatic N) is 3. The number of hydrogen-bond acceptors (Lipinski definition) is 5. The fourth-order valence-electron chi connectivity index (χ4n) is 4.47. The summed E-state index contributed by atoms with van der Waals surface area (Å²) in [5.41, 5.74) is 7.37. The van der Waals surface area contributed by atoms with Gasteiger partial charge in [0.05, 0.1) is 0 Å². The minimum Gasteiger partial charge on any atom is -0.341 e. The lowest BCUT2D eigenvalue weighted by atomic mass is 9.77. The molecule has 0 saturated carbocycles. The molecule has 3 fully saturated rings. The number of amides is 2. The number of likely N-dealkylation sites (tertiary alicyclic amines) is 2. The van der Waals surface area contributed by atoms with Crippen molar-refractivity contribution in [2.75, 3.05) is 19.6 Å². The van der Waals surface area contributed by atoms with E-state index in [4.69, 9.17) is 0 Å². The highest BCUT2D eigenvalue weighted by Crippen LogP contribution is 2.41. The summed E-state index contributed by atoms with van der Waals surface area (Å²) in [7, 11) is 0. The Morgan fingerprint density at radius 3 is 2.65 bits per heavy atom. The van der Waals surface area contributed by atoms with Crippen molar-refractivity contribution in [3.63, 3.8) is 0 Å². The van der Waals surface area contributed by atoms with E-state index in [2.05, 4.69) is 22.8 Å². The molecule has 140 valence electrons. The summed E-state index contributed by atoms with van der Waals surface area (Å²) in [5, 5.41) is 0. The zero-order valence-electron chi connectivity index (χ0n) is 15.3. The van der Waals surface area contributed by atoms with Crippen molar-refractivity contribution in [3.05, 3.63) is 30.1 Å². The van der Waals surface area contributed by atoms with Crippen LogP contribution >= 0.6 is 0 Å². The Morgan fingerprint density at radius 1 is 1.27 bits per heavy atom. The molecular formula is C19H27N5O2. The van der Waals surface area contributed by atoms with E-state index in [1.54, 1.807) is 12.4 Å². The number of aromatic nitrogens is 1. The van der Waals surface area contributed by atoms with Crippen LogP contribution in [0.2, 0.25) is 0 Å². The molecule has 4 rings (SSSR count). The first kappa shape index (κ1) is 17.4. The van der Waals surface area contributed by atoms with Gasteiger partial charge in [0.1, 0.15) is 6.04 Å². The number of rotatable bonds is 3. The summed E-state index contributed by atoms with van der Waals surface area (Å²) in [4.78, 5) is 33.2. The lowest BCUT2D eigenvalue weighted by Gasteiger charge is -2.39. The summed E-state index contributed by atoms with van der Waals surface area (Å²) in [5.74, 6) is 0.423. The molecule has 0 aliphatic carbocycles. The van der Waals surface area contributed by atoms with Crippen molar-refractivity contribution >= 4 is 11.8 Å². The SMILES string of the molecule is CC1CC(C(=O)N2CCC3(CC2)CC(=O)N(Cc2ccncc2)C3)NN1. The number of hydrazine groups is 1. The number of hydrogen-bond donors (Lipinski definition) is 2. The van der Waals surface area contributed by atoms with Gasteiger partial charge < -0.3 is 9.80 Å². The van der Waals surface area contributed by atoms with Gasteiger partial charge in [-0.2, -0.15) is 0 Å². The summed E-state index contributed by atoms with van der Waals surface area (Å²) >= 11 is 0. The van der Waals surface area contributed by atoms with Crippen LogP contribution in [-0.4, -0.2) is 58.3 Å². The highest BCUT2D eigenvalue weighted by atomic mass is 16.2. The molecule has 2 amide bonds. The molecule has 2 atom stereocenters. The minimum absolute atomic E-state index is 0.0372. The van der Waals surface area contributed by atoms with E-state index >= 15 is 0 Å². The normalized spacial score (nSPS) is 28.1. The Hall–Kier alpha value is -1.99. The standard InChI is InChI=1S/C19H27N5O2/c1-14-10-16(22-21-14)18(26)23-8-4-19(5-9-23)11-17(25)24(13-19)12-15-2-6-20-7-3-15/h2-3,6-7,14,16,21-22H,4-5,8-13H2,1H3. The molecule has 1 spiro atoms. The van der Waals surface area contributed by atoms with Crippen molar-refractivity contribution in [1.29, 1.82) is 0 Å². The molecule has 7 heteroatoms. The fraction of sp³-hybridized carbons (Fsp3) is 0.632. The molecule has 0 aromatic carbocycles. The lowest BCUT2D eigenvalue weighted by Crippen LogP contribution is -2.50. The van der Waals surface area contributed by atoms with E-state index in [-0.39, 0.29) is 23.3 Å². The highest BCUT2D eigenvalue weighted by molar-refractivity contribution is 5.82. The van der Waals surface area contributed by atoms with Crippen LogP contribution in [0.5, 0.6) is 0 Å². The number of carbonyl (C=O) groups is 2. The third kappa shape index (κ3) is 3.46. The van der Waals surface area contributed by atoms with Gasteiger partial charge in [0.2, 0.25) is 11.8 Å². The van der Waals surface area contributed by atoms with Crippen molar-refractivity contribution in [1.82, 2.24) is 25.6 Å². The number of carbonyl (C=O) groups excluding carboxylic acids is 2. The first-order chi connectivity index (χ1) is 12.5. The lowest BCUT2D eigenvalue weighted by molar-refractivity contribution is -0.135. The zero-order chi connectivity index (χ0) is 18.1. The average molecular weight is 357 g/mol. The summed E-state index contributed by atoms with van der Waals surface area (Å²) in [6, 6.07) is 4.13. The zero-order valence-corrected chi connectivity index (χ0v) is 15.3. The predicted molar refractivity (Wildman–Crippen MR) is 96.7 cm³/mol. The molecule has 4 heterocycles. The largest absolute Gasteiger partial charge is 0.341 e. The summed E-state index contributed by atoms with van der Waals surface area (Å²) in [6.07, 6.45) is 6.80. The molecule has 3 aliphatic rings. The molecule has 3 aliphatic heterocycles. The number of pyridine rings is 1. The number of nitrogens with one attached hydrogen (secondary N) is 2. The Morgan fingerprint density at radius 2 is 2.00 bits per heavy atom. The number of piperidine rings is 1. The first-order valence-corrected chi connectivity index (χ1v) is 9.51. The highest BCUT2D eigenvalue weighted by Gasteiger charge is 2.46. The molecule has 0 radical (unpaired) electrons. The van der Waals surface area contributed by atoms with E-state index in [1.807, 2.05) is 21.9 Å². The van der Waals surface area contributed by atoms with Gasteiger partial charge in [-0.05, 0) is 43.9 Å². The summed E-state index contributed by atoms with van der Waals surface area (Å²) < 4.78 is 0. The maximum Gasteiger partial charge on any atom is 0.241 e. The van der Waals surface area contributed by atoms with Gasteiger partial charge in [-0.3, -0.25) is 20.0 Å². The third-order valence-electron chi connectivity index (χ3n) is 6.06. The Bertz CT molecular complexity index is 672. The molecule has 0 bridgehead atoms. The van der Waals surface area contributed by atoms with E-state index in [0.29, 0.717) is 19.0 Å². The molecular weight excluding hydrogens is 330 g/mol. The molecule has 7 nitrogen and oxygen atoms in total. The van der Waals surface area contributed by atoms with Crippen molar-refractivity contribution in [3.8, 4) is 0 Å². The van der Waals surface area contributed by atoms with Crippen molar-refractivity contribution in [2.45, 2.75) is 51.2 Å². The predicted octanol–water partition coefficient (Wildman–Crippen LogP) is 0.678. The summed E-state index contributed by atoms with van der Waals surface area (Å²) in [6.45, 7) is 5.04. The Balaban J connectivity index is 1.34. The topological polar surface area (TPSA) is 77.6 Å². The molecule has 26 heavy (non-hydrogen) atoms. The third-order valence-corrected chi connectivity index (χ3v) is 6.06. The molecule has 2 N–H and O–H groups in total. The fourth-order valence-corrected chi connectivity index (χ4v) is 4.47. The van der Waals surface area contributed by atoms with E-state index in [9.17, 15) is 9.59 Å². The molecule has 3 saturated heterocycles. The maximum atomic E-state index is 12.7. The van der Waals surface area contributed by atoms with Crippen molar-refractivity contribution in [2.24, 2.45) is 5.41 Å². The average Bonchev–Trinajstić information content (AvgIpc) is 3.20. The quantitative estimate of drug-likeness (QED) is 0.832. The van der Waals surface area contributed by atoms with Crippen LogP contribution in [0.15, 0.2) is 24.5 Å². The van der Waals surface area contributed by atoms with Crippen LogP contribution in [0.25, 0.3) is 0 Å². The van der Waals surface area contributed by atoms with Gasteiger partial charge in [0.15, 0.2) is 0 Å². The second-order valence-corrected chi connectivity index (χ2v) is 8.09. The smallest absolute Gasteiger partial charge is 0.241 e. The van der Waals surface area contributed by atoms with Gasteiger partial charge in [-0.1, -0.05) is 0 Å². The van der Waals surface area contributed by atoms with Gasteiger partial charge in [-0.15, -0.1) is 0 Å². The van der Waals surface area contributed by atoms with Crippen LogP contribution in [0, 0.1) is 5.41 Å². The van der Waals surface area contributed by atoms with E-state index in [0.717, 1.165) is 44.5 Å². The Labute approximate surface area is 154 Å². The molecule has 1 aromatic heterocycles. The van der Waals surface area contributed by atoms with Crippen LogP contribution in [0.4, 0.5) is 0 Å². The van der Waals surface area contributed by atoms with Gasteiger partial charge in [-0.25, -0.2) is 5.43 Å². The molecule has 1 aromatic rings. The van der Waals surface area contributed by atoms with Gasteiger partial charge >= 0.3 is 0 Å². The van der Waals surface area contributed by atoms with E-state index in [1.165, 1.54) is 0 Å². The van der Waals surface area contributed by atoms with E-state index < -0.39 is 0 Å². The monoisotopic (exact) mass is 357 g/mol. The van der Waals surface area contributed by atoms with Crippen LogP contribution in [0.1, 0.15) is 38.2 Å². The van der Waals surface area contributed by atoms with Crippen molar-refractivity contribution < 1.29 is 9.59 Å². The second kappa shape index (κ2) is 6.96.